The molecule has 1 fully saturated rings. The van der Waals surface area contributed by atoms with E-state index in [4.69, 9.17) is 4.74 Å². The minimum Gasteiger partial charge on any atom is -0.467 e. The van der Waals surface area contributed by atoms with Gasteiger partial charge in [0.15, 0.2) is 0 Å². The predicted octanol–water partition coefficient (Wildman–Crippen LogP) is 2.46. The van der Waals surface area contributed by atoms with Crippen LogP contribution in [0.25, 0.3) is 0 Å². The Hall–Kier alpha value is -1.85. The zero-order valence-electron chi connectivity index (χ0n) is 13.2. The summed E-state index contributed by atoms with van der Waals surface area (Å²) in [6, 6.07) is -0.435. The van der Waals surface area contributed by atoms with Crippen LogP contribution in [0.15, 0.2) is 0 Å². The lowest BCUT2D eigenvalue weighted by atomic mass is 10.2. The third kappa shape index (κ3) is 3.83. The lowest BCUT2D eigenvalue weighted by Gasteiger charge is -2.17. The number of carbonyl (C=O) groups excluding carboxylic acids is 1. The molecule has 1 aromatic heterocycles. The summed E-state index contributed by atoms with van der Waals surface area (Å²) in [5, 5.41) is 6.47. The number of nitrogens with zero attached hydrogens (tertiary/aromatic N) is 2. The standard InChI is InChI=1S/C15H24N4O2/c1-5-8-16-12-9(2)13(17-10(3)15(20)21-4)19-14(18-12)11-6-7-11/h10-11H,5-8H2,1-4H3,(H2,16,17,18,19). The van der Waals surface area contributed by atoms with Crippen molar-refractivity contribution in [3.63, 3.8) is 0 Å². The number of anilines is 2. The zero-order valence-corrected chi connectivity index (χ0v) is 13.2. The molecule has 1 atom stereocenters. The maximum absolute atomic E-state index is 11.6. The smallest absolute Gasteiger partial charge is 0.328 e. The van der Waals surface area contributed by atoms with Crippen LogP contribution in [0, 0.1) is 6.92 Å². The molecule has 1 aliphatic rings. The molecule has 116 valence electrons. The summed E-state index contributed by atoms with van der Waals surface area (Å²) >= 11 is 0. The molecule has 0 radical (unpaired) electrons. The summed E-state index contributed by atoms with van der Waals surface area (Å²) in [6.07, 6.45) is 3.31. The fourth-order valence-electron chi connectivity index (χ4n) is 2.05. The van der Waals surface area contributed by atoms with E-state index in [1.54, 1.807) is 6.92 Å². The molecule has 0 spiro atoms. The second-order valence-corrected chi connectivity index (χ2v) is 5.49. The van der Waals surface area contributed by atoms with Crippen LogP contribution in [-0.2, 0) is 9.53 Å². The van der Waals surface area contributed by atoms with E-state index in [2.05, 4.69) is 27.5 Å². The molecule has 0 bridgehead atoms. The number of hydrogen-bond acceptors (Lipinski definition) is 6. The molecular weight excluding hydrogens is 268 g/mol. The second kappa shape index (κ2) is 6.74. The van der Waals surface area contributed by atoms with Crippen LogP contribution < -0.4 is 10.6 Å². The molecule has 2 rings (SSSR count). The summed E-state index contributed by atoms with van der Waals surface area (Å²) in [5.74, 6) is 2.58. The van der Waals surface area contributed by atoms with E-state index in [9.17, 15) is 4.79 Å². The number of nitrogens with one attached hydrogen (secondary N) is 2. The molecule has 6 heteroatoms. The number of methoxy groups -OCH3 is 1. The van der Waals surface area contributed by atoms with Gasteiger partial charge in [-0.05, 0) is 33.1 Å². The van der Waals surface area contributed by atoms with Gasteiger partial charge >= 0.3 is 5.97 Å². The monoisotopic (exact) mass is 292 g/mol. The fourth-order valence-corrected chi connectivity index (χ4v) is 2.05. The van der Waals surface area contributed by atoms with Crippen LogP contribution in [0.5, 0.6) is 0 Å². The van der Waals surface area contributed by atoms with Crippen LogP contribution in [0.3, 0.4) is 0 Å². The minimum absolute atomic E-state index is 0.302. The van der Waals surface area contributed by atoms with Crippen LogP contribution >= 0.6 is 0 Å². The van der Waals surface area contributed by atoms with Gasteiger partial charge < -0.3 is 15.4 Å². The number of rotatable bonds is 7. The van der Waals surface area contributed by atoms with E-state index in [0.717, 1.165) is 43.0 Å². The Bertz CT molecular complexity index is 515. The minimum atomic E-state index is -0.435. The van der Waals surface area contributed by atoms with Gasteiger partial charge in [-0.1, -0.05) is 6.92 Å². The summed E-state index contributed by atoms with van der Waals surface area (Å²) in [5.41, 5.74) is 0.934. The molecule has 21 heavy (non-hydrogen) atoms. The molecule has 0 aliphatic heterocycles. The van der Waals surface area contributed by atoms with Gasteiger partial charge in [0.2, 0.25) is 0 Å². The summed E-state index contributed by atoms with van der Waals surface area (Å²) in [4.78, 5) is 20.8. The molecular formula is C15H24N4O2. The fraction of sp³-hybridized carbons (Fsp3) is 0.667. The summed E-state index contributed by atoms with van der Waals surface area (Å²) in [7, 11) is 1.39. The topological polar surface area (TPSA) is 76.1 Å². The molecule has 1 saturated carbocycles. The number of aromatic nitrogens is 2. The van der Waals surface area contributed by atoms with Crippen LogP contribution in [0.2, 0.25) is 0 Å². The molecule has 1 aliphatic carbocycles. The lowest BCUT2D eigenvalue weighted by Crippen LogP contribution is -2.28. The van der Waals surface area contributed by atoms with Gasteiger partial charge in [0, 0.05) is 18.0 Å². The van der Waals surface area contributed by atoms with Gasteiger partial charge in [-0.2, -0.15) is 0 Å². The van der Waals surface area contributed by atoms with Crippen molar-refractivity contribution >= 4 is 17.6 Å². The normalized spacial score (nSPS) is 15.4. The van der Waals surface area contributed by atoms with Crippen molar-refractivity contribution in [1.82, 2.24) is 9.97 Å². The van der Waals surface area contributed by atoms with Crippen molar-refractivity contribution in [3.05, 3.63) is 11.4 Å². The van der Waals surface area contributed by atoms with Gasteiger partial charge in [0.05, 0.1) is 7.11 Å². The lowest BCUT2D eigenvalue weighted by molar-refractivity contribution is -0.141. The Kier molecular flexibility index (Phi) is 4.98. The molecule has 1 heterocycles. The number of esters is 1. The van der Waals surface area contributed by atoms with Crippen LogP contribution in [-0.4, -0.2) is 35.6 Å². The average molecular weight is 292 g/mol. The zero-order chi connectivity index (χ0) is 15.4. The van der Waals surface area contributed by atoms with Crippen molar-refractivity contribution in [2.24, 2.45) is 0 Å². The molecule has 2 N–H and O–H groups in total. The Balaban J connectivity index is 2.25. The first-order chi connectivity index (χ1) is 10.1. The molecule has 0 aromatic carbocycles. The maximum Gasteiger partial charge on any atom is 0.328 e. The molecule has 0 amide bonds. The highest BCUT2D eigenvalue weighted by atomic mass is 16.5. The van der Waals surface area contributed by atoms with E-state index < -0.39 is 6.04 Å². The van der Waals surface area contributed by atoms with Gasteiger partial charge in [-0.15, -0.1) is 0 Å². The first-order valence-electron chi connectivity index (χ1n) is 7.53. The van der Waals surface area contributed by atoms with E-state index in [-0.39, 0.29) is 5.97 Å². The number of carbonyl (C=O) groups is 1. The maximum atomic E-state index is 11.6. The van der Waals surface area contributed by atoms with Gasteiger partial charge in [0.1, 0.15) is 23.5 Å². The van der Waals surface area contributed by atoms with Crippen molar-refractivity contribution in [2.45, 2.75) is 52.0 Å². The van der Waals surface area contributed by atoms with E-state index in [1.807, 2.05) is 6.92 Å². The van der Waals surface area contributed by atoms with Crippen molar-refractivity contribution in [3.8, 4) is 0 Å². The van der Waals surface area contributed by atoms with Crippen molar-refractivity contribution in [2.75, 3.05) is 24.3 Å². The highest BCUT2D eigenvalue weighted by molar-refractivity contribution is 5.79. The SMILES string of the molecule is CCCNc1nc(C2CC2)nc(NC(C)C(=O)OC)c1C. The highest BCUT2D eigenvalue weighted by Gasteiger charge is 2.28. The molecule has 1 unspecified atom stereocenters. The Morgan fingerprint density at radius 2 is 2.05 bits per heavy atom. The largest absolute Gasteiger partial charge is 0.467 e. The average Bonchev–Trinajstić information content (AvgIpc) is 3.31. The second-order valence-electron chi connectivity index (χ2n) is 5.49. The van der Waals surface area contributed by atoms with E-state index >= 15 is 0 Å². The number of hydrogen-bond donors (Lipinski definition) is 2. The highest BCUT2D eigenvalue weighted by Crippen LogP contribution is 2.39. The summed E-state index contributed by atoms with van der Waals surface area (Å²) in [6.45, 7) is 6.71. The first kappa shape index (κ1) is 15.5. The Labute approximate surface area is 125 Å². The Morgan fingerprint density at radius 1 is 1.38 bits per heavy atom. The van der Waals surface area contributed by atoms with E-state index in [1.165, 1.54) is 7.11 Å². The van der Waals surface area contributed by atoms with Crippen LogP contribution in [0.1, 0.15) is 50.4 Å². The molecule has 0 saturated heterocycles. The number of ether oxygens (including phenoxy) is 1. The van der Waals surface area contributed by atoms with Gasteiger partial charge in [-0.25, -0.2) is 14.8 Å². The third-order valence-electron chi connectivity index (χ3n) is 3.56. The quantitative estimate of drug-likeness (QED) is 0.752. The third-order valence-corrected chi connectivity index (χ3v) is 3.56. The van der Waals surface area contributed by atoms with Crippen molar-refractivity contribution < 1.29 is 9.53 Å². The van der Waals surface area contributed by atoms with Gasteiger partial charge in [-0.3, -0.25) is 0 Å². The van der Waals surface area contributed by atoms with Crippen LogP contribution in [0.4, 0.5) is 11.6 Å². The first-order valence-corrected chi connectivity index (χ1v) is 7.53. The molecule has 6 nitrogen and oxygen atoms in total. The van der Waals surface area contributed by atoms with E-state index in [0.29, 0.717) is 11.7 Å². The van der Waals surface area contributed by atoms with Crippen molar-refractivity contribution in [1.29, 1.82) is 0 Å². The van der Waals surface area contributed by atoms with Gasteiger partial charge in [0.25, 0.3) is 0 Å². The Morgan fingerprint density at radius 3 is 2.62 bits per heavy atom. The predicted molar refractivity (Wildman–Crippen MR) is 82.6 cm³/mol. The molecule has 1 aromatic rings. The summed E-state index contributed by atoms with van der Waals surface area (Å²) < 4.78 is 4.75.